The van der Waals surface area contributed by atoms with Gasteiger partial charge in [-0.1, -0.05) is 133 Å². The molecule has 0 fully saturated rings. The fraction of sp³-hybridized carbons (Fsp3) is 0. The van der Waals surface area contributed by atoms with Gasteiger partial charge in [-0.2, -0.15) is 21.0 Å². The molecule has 0 saturated heterocycles. The number of fused-ring (bicyclic) bond motifs is 9. The summed E-state index contributed by atoms with van der Waals surface area (Å²) in [4.78, 5) is 0. The van der Waals surface area contributed by atoms with Crippen LogP contribution in [0.3, 0.4) is 0 Å². The molecule has 12 rings (SSSR count). The Balaban J connectivity index is 1.44. The molecule has 301 valence electrons. The largest absolute Gasteiger partial charge is 0.456 e. The van der Waals surface area contributed by atoms with Crippen LogP contribution in [-0.4, -0.2) is 0 Å². The molecule has 1 radical (unpaired) electrons. The number of hydrogen-bond donors (Lipinski definition) is 0. The zero-order chi connectivity index (χ0) is 44.5. The van der Waals surface area contributed by atoms with Crippen molar-refractivity contribution in [2.75, 3.05) is 0 Å². The molecule has 0 atom stereocenters. The lowest BCUT2D eigenvalue weighted by Gasteiger charge is -2.30. The van der Waals surface area contributed by atoms with E-state index >= 15 is 0 Å². The molecule has 0 aliphatic heterocycles. The highest BCUT2D eigenvalue weighted by molar-refractivity contribution is 6.26. The maximum absolute atomic E-state index is 11.1. The maximum Gasteiger partial charge on any atom is 0.136 e. The Kier molecular flexibility index (Phi) is 8.73. The van der Waals surface area contributed by atoms with Gasteiger partial charge in [0.15, 0.2) is 0 Å². The molecule has 5 heteroatoms. The van der Waals surface area contributed by atoms with E-state index in [-0.39, 0.29) is 0 Å². The number of furan rings is 1. The van der Waals surface area contributed by atoms with E-state index < -0.39 is 0 Å². The second kappa shape index (κ2) is 15.1. The monoisotopic (exact) mass is 835 g/mol. The first kappa shape index (κ1) is 38.2. The van der Waals surface area contributed by atoms with E-state index in [1.165, 1.54) is 11.1 Å². The predicted octanol–water partition coefficient (Wildman–Crippen LogP) is 15.3. The van der Waals surface area contributed by atoms with Gasteiger partial charge >= 0.3 is 0 Å². The van der Waals surface area contributed by atoms with Gasteiger partial charge in [0, 0.05) is 39.4 Å². The molecule has 10 aromatic carbocycles. The molecule has 0 spiro atoms. The Labute approximate surface area is 380 Å². The van der Waals surface area contributed by atoms with Gasteiger partial charge in [0.2, 0.25) is 0 Å². The van der Waals surface area contributed by atoms with Gasteiger partial charge in [-0.05, 0) is 126 Å². The highest BCUT2D eigenvalue weighted by Gasteiger charge is 2.34. The number of benzene rings is 10. The third-order valence-electron chi connectivity index (χ3n) is 13.0. The average Bonchev–Trinajstić information content (AvgIpc) is 4.11. The molecule has 1 aliphatic rings. The first-order valence-electron chi connectivity index (χ1n) is 21.6. The second-order valence-electron chi connectivity index (χ2n) is 16.5. The molecule has 0 bridgehead atoms. The first-order valence-corrected chi connectivity index (χ1v) is 21.6. The van der Waals surface area contributed by atoms with E-state index in [1.807, 2.05) is 127 Å². The lowest BCUT2D eigenvalue weighted by molar-refractivity contribution is 0.669. The molecular weight excluding hydrogens is 805 g/mol. The van der Waals surface area contributed by atoms with Gasteiger partial charge < -0.3 is 4.42 Å². The van der Waals surface area contributed by atoms with Crippen LogP contribution in [0, 0.1) is 51.7 Å². The minimum Gasteiger partial charge on any atom is -0.456 e. The minimum absolute atomic E-state index is 0.462. The van der Waals surface area contributed by atoms with E-state index in [0.29, 0.717) is 39.0 Å². The molecule has 5 nitrogen and oxygen atoms in total. The Morgan fingerprint density at radius 2 is 0.727 bits per heavy atom. The van der Waals surface area contributed by atoms with Gasteiger partial charge in [-0.15, -0.1) is 0 Å². The first-order chi connectivity index (χ1) is 32.6. The van der Waals surface area contributed by atoms with E-state index in [1.54, 1.807) is 0 Å². The van der Waals surface area contributed by atoms with Crippen LogP contribution in [-0.2, 0) is 0 Å². The van der Waals surface area contributed by atoms with Crippen molar-refractivity contribution in [3.8, 4) is 91.0 Å². The zero-order valence-electron chi connectivity index (χ0n) is 35.1. The van der Waals surface area contributed by atoms with Crippen LogP contribution in [0.15, 0.2) is 186 Å². The maximum atomic E-state index is 11.1. The van der Waals surface area contributed by atoms with Gasteiger partial charge in [-0.25, -0.2) is 0 Å². The molecule has 0 N–H and O–H groups in total. The van der Waals surface area contributed by atoms with Crippen molar-refractivity contribution in [3.05, 3.63) is 222 Å². The average molecular weight is 836 g/mol. The van der Waals surface area contributed by atoms with Gasteiger partial charge in [-0.3, -0.25) is 0 Å². The minimum atomic E-state index is 0.462. The fourth-order valence-electron chi connectivity index (χ4n) is 10.2. The number of nitriles is 4. The van der Waals surface area contributed by atoms with Crippen molar-refractivity contribution in [1.82, 2.24) is 0 Å². The van der Waals surface area contributed by atoms with E-state index in [0.717, 1.165) is 93.5 Å². The summed E-state index contributed by atoms with van der Waals surface area (Å²) in [6.45, 7) is 0. The molecular formula is C61H31N4O. The quantitative estimate of drug-likeness (QED) is 0.155. The standard InChI is InChI=1S/C61H31N4O/c62-32-36-23-27-38(28-24-36)54-55(39-29-25-37(33-63)26-30-39)61(49-20-10-22-53-57(49)47-17-7-8-21-52(47)66-53)59(43-14-4-2-12-41(43)35-65)58(42-13-3-1-11-40(42)34-64)60(54)48-19-9-18-46-51-31-50(51)44-15-5-6-16-45(44)56(46)48/h1-31H. The fourth-order valence-corrected chi connectivity index (χ4v) is 10.2. The van der Waals surface area contributed by atoms with Crippen molar-refractivity contribution in [1.29, 1.82) is 21.0 Å². The Hall–Kier alpha value is -9.52. The summed E-state index contributed by atoms with van der Waals surface area (Å²) >= 11 is 0. The van der Waals surface area contributed by atoms with Gasteiger partial charge in [0.1, 0.15) is 11.2 Å². The molecule has 0 saturated carbocycles. The highest BCUT2D eigenvalue weighted by Crippen LogP contribution is 2.59. The van der Waals surface area contributed by atoms with Crippen LogP contribution in [0.2, 0.25) is 0 Å². The summed E-state index contributed by atoms with van der Waals surface area (Å²) in [7, 11) is 0. The van der Waals surface area contributed by atoms with Crippen LogP contribution in [0.25, 0.3) is 110 Å². The van der Waals surface area contributed by atoms with Crippen LogP contribution in [0.1, 0.15) is 33.4 Å². The lowest BCUT2D eigenvalue weighted by atomic mass is 9.72. The zero-order valence-corrected chi connectivity index (χ0v) is 35.1. The highest BCUT2D eigenvalue weighted by atomic mass is 16.3. The van der Waals surface area contributed by atoms with Crippen LogP contribution < -0.4 is 0 Å². The van der Waals surface area contributed by atoms with Crippen molar-refractivity contribution < 1.29 is 4.42 Å². The summed E-state index contributed by atoms with van der Waals surface area (Å²) < 4.78 is 6.61. The SMILES string of the molecule is N#Cc1ccc(-c2c(-c3ccc(C#N)cc3)c(-c3cccc4c5c(c6ccccc6c34)[CH]5)c(-c3ccccc3C#N)c(-c3ccccc3C#N)c2-c2cccc3oc4ccccc4c23)cc1. The number of para-hydroxylation sites is 1. The Bertz CT molecular complexity index is 4050. The van der Waals surface area contributed by atoms with Crippen molar-refractivity contribution >= 4 is 43.5 Å². The van der Waals surface area contributed by atoms with E-state index in [4.69, 9.17) is 4.42 Å². The van der Waals surface area contributed by atoms with Gasteiger partial charge in [0.25, 0.3) is 0 Å². The Morgan fingerprint density at radius 3 is 1.30 bits per heavy atom. The topological polar surface area (TPSA) is 108 Å². The van der Waals surface area contributed by atoms with Crippen molar-refractivity contribution in [2.45, 2.75) is 0 Å². The van der Waals surface area contributed by atoms with E-state index in [9.17, 15) is 21.0 Å². The Morgan fingerprint density at radius 1 is 0.303 bits per heavy atom. The third kappa shape index (κ3) is 5.76. The summed E-state index contributed by atoms with van der Waals surface area (Å²) in [5.74, 6) is 0. The van der Waals surface area contributed by atoms with Crippen LogP contribution >= 0.6 is 0 Å². The molecule has 66 heavy (non-hydrogen) atoms. The normalized spacial score (nSPS) is 11.5. The summed E-state index contributed by atoms with van der Waals surface area (Å²) in [5.41, 5.74) is 15.6. The third-order valence-corrected chi connectivity index (χ3v) is 13.0. The number of rotatable bonds is 6. The molecule has 1 aliphatic carbocycles. The molecule has 11 aromatic rings. The number of hydrogen-bond acceptors (Lipinski definition) is 5. The molecule has 1 aromatic heterocycles. The smallest absolute Gasteiger partial charge is 0.136 e. The summed E-state index contributed by atoms with van der Waals surface area (Å²) in [6, 6.07) is 69.6. The lowest BCUT2D eigenvalue weighted by Crippen LogP contribution is -2.04. The molecule has 1 heterocycles. The molecule has 0 amide bonds. The van der Waals surface area contributed by atoms with Crippen LogP contribution in [0.4, 0.5) is 0 Å². The predicted molar refractivity (Wildman–Crippen MR) is 263 cm³/mol. The van der Waals surface area contributed by atoms with Gasteiger partial charge in [0.05, 0.1) is 46.5 Å². The second-order valence-corrected chi connectivity index (χ2v) is 16.5. The van der Waals surface area contributed by atoms with Crippen molar-refractivity contribution in [3.63, 3.8) is 0 Å². The summed E-state index contributed by atoms with van der Waals surface area (Å²) in [6.07, 6.45) is 2.25. The summed E-state index contributed by atoms with van der Waals surface area (Å²) in [5, 5.41) is 48.8. The van der Waals surface area contributed by atoms with Crippen molar-refractivity contribution in [2.24, 2.45) is 0 Å². The molecule has 0 unspecified atom stereocenters. The van der Waals surface area contributed by atoms with E-state index in [2.05, 4.69) is 85.3 Å². The van der Waals surface area contributed by atoms with Crippen LogP contribution in [0.5, 0.6) is 0 Å². The number of nitrogens with zero attached hydrogens (tertiary/aromatic N) is 4.